The third-order valence-corrected chi connectivity index (χ3v) is 4.00. The number of aryl methyl sites for hydroxylation is 2. The Labute approximate surface area is 138 Å². The van der Waals surface area contributed by atoms with Crippen LogP contribution in [0.5, 0.6) is 0 Å². The first-order valence-electron chi connectivity index (χ1n) is 6.79. The molecule has 6 nitrogen and oxygen atoms in total. The Morgan fingerprint density at radius 3 is 2.57 bits per heavy atom. The quantitative estimate of drug-likeness (QED) is 0.868. The molecular weight excluding hydrogens is 379 g/mol. The summed E-state index contributed by atoms with van der Waals surface area (Å²) in [6.45, 7) is 4.30. The summed E-state index contributed by atoms with van der Waals surface area (Å²) >= 11 is 2.82. The molecule has 0 fully saturated rings. The lowest BCUT2D eigenvalue weighted by Crippen LogP contribution is -2.27. The largest absolute Gasteiger partial charge is 0.434 e. The minimum absolute atomic E-state index is 0.318. The fourth-order valence-corrected chi connectivity index (χ4v) is 2.82. The monoisotopic (exact) mass is 393 g/mol. The molecule has 126 valence electrons. The Bertz CT molecular complexity index is 722. The molecule has 2 heterocycles. The van der Waals surface area contributed by atoms with E-state index < -0.39 is 23.8 Å². The molecule has 0 aliphatic carbocycles. The van der Waals surface area contributed by atoms with Gasteiger partial charge in [-0.2, -0.15) is 23.4 Å². The lowest BCUT2D eigenvalue weighted by atomic mass is 10.2. The highest BCUT2D eigenvalue weighted by atomic mass is 79.9. The zero-order chi connectivity index (χ0) is 17.4. The predicted molar refractivity (Wildman–Crippen MR) is 79.7 cm³/mol. The third kappa shape index (κ3) is 3.57. The first kappa shape index (κ1) is 17.5. The number of carbonyl (C=O) groups is 1. The fourth-order valence-electron chi connectivity index (χ4n) is 2.07. The summed E-state index contributed by atoms with van der Waals surface area (Å²) in [7, 11) is 1.14. The zero-order valence-electron chi connectivity index (χ0n) is 12.6. The van der Waals surface area contributed by atoms with E-state index in [-0.39, 0.29) is 10.2 Å². The van der Waals surface area contributed by atoms with Gasteiger partial charge < -0.3 is 5.32 Å². The van der Waals surface area contributed by atoms with Crippen molar-refractivity contribution in [2.24, 2.45) is 7.05 Å². The average Bonchev–Trinajstić information content (AvgIpc) is 3.02. The van der Waals surface area contributed by atoms with Crippen molar-refractivity contribution >= 4 is 21.8 Å². The number of nitrogens with zero attached hydrogens (tertiary/aromatic N) is 4. The van der Waals surface area contributed by atoms with Crippen LogP contribution in [0, 0.1) is 0 Å². The second-order valence-corrected chi connectivity index (χ2v) is 5.72. The van der Waals surface area contributed by atoms with Crippen LogP contribution >= 0.6 is 15.9 Å². The van der Waals surface area contributed by atoms with E-state index in [1.54, 1.807) is 23.9 Å². The van der Waals surface area contributed by atoms with Crippen LogP contribution in [-0.4, -0.2) is 25.5 Å². The van der Waals surface area contributed by atoms with Gasteiger partial charge in [0.25, 0.3) is 5.91 Å². The molecular formula is C13H15BrF3N5O. The molecule has 0 bridgehead atoms. The lowest BCUT2D eigenvalue weighted by molar-refractivity contribution is -0.144. The molecule has 2 aromatic rings. The molecule has 0 saturated carbocycles. The second-order valence-electron chi connectivity index (χ2n) is 4.92. The van der Waals surface area contributed by atoms with E-state index in [9.17, 15) is 18.0 Å². The van der Waals surface area contributed by atoms with Gasteiger partial charge in [-0.3, -0.25) is 14.2 Å². The molecule has 0 aliphatic heterocycles. The first-order valence-corrected chi connectivity index (χ1v) is 7.58. The van der Waals surface area contributed by atoms with Gasteiger partial charge in [0.15, 0.2) is 11.4 Å². The first-order chi connectivity index (χ1) is 10.6. The summed E-state index contributed by atoms with van der Waals surface area (Å²) in [5.74, 6) is -0.707. The summed E-state index contributed by atoms with van der Waals surface area (Å²) in [5.41, 5.74) is -0.713. The molecule has 23 heavy (non-hydrogen) atoms. The maximum Gasteiger partial charge on any atom is 0.434 e. The molecule has 1 unspecified atom stereocenters. The van der Waals surface area contributed by atoms with Crippen molar-refractivity contribution in [2.45, 2.75) is 32.6 Å². The Morgan fingerprint density at radius 1 is 1.43 bits per heavy atom. The van der Waals surface area contributed by atoms with Crippen LogP contribution in [0.2, 0.25) is 0 Å². The van der Waals surface area contributed by atoms with Crippen LogP contribution in [0.25, 0.3) is 0 Å². The van der Waals surface area contributed by atoms with Gasteiger partial charge in [0.2, 0.25) is 0 Å². The predicted octanol–water partition coefficient (Wildman–Crippen LogP) is 2.91. The van der Waals surface area contributed by atoms with Crippen LogP contribution < -0.4 is 5.32 Å². The summed E-state index contributed by atoms with van der Waals surface area (Å²) in [6, 6.07) is 1.28. The maximum atomic E-state index is 12.9. The minimum Gasteiger partial charge on any atom is -0.342 e. The van der Waals surface area contributed by atoms with Crippen molar-refractivity contribution in [3.8, 4) is 0 Å². The fraction of sp³-hybridized carbons (Fsp3) is 0.462. The van der Waals surface area contributed by atoms with Crippen molar-refractivity contribution in [3.05, 3.63) is 33.8 Å². The van der Waals surface area contributed by atoms with Gasteiger partial charge in [0.05, 0.1) is 16.2 Å². The highest BCUT2D eigenvalue weighted by Crippen LogP contribution is 2.36. The van der Waals surface area contributed by atoms with E-state index in [4.69, 9.17) is 0 Å². The number of nitrogens with one attached hydrogen (secondary N) is 1. The van der Waals surface area contributed by atoms with Crippen molar-refractivity contribution in [2.75, 3.05) is 0 Å². The van der Waals surface area contributed by atoms with Crippen molar-refractivity contribution in [3.63, 3.8) is 0 Å². The summed E-state index contributed by atoms with van der Waals surface area (Å²) < 4.78 is 40.7. The van der Waals surface area contributed by atoms with Crippen molar-refractivity contribution in [1.29, 1.82) is 0 Å². The number of amides is 1. The summed E-state index contributed by atoms with van der Waals surface area (Å²) in [6.07, 6.45) is -2.85. The summed E-state index contributed by atoms with van der Waals surface area (Å²) in [4.78, 5) is 12.2. The highest BCUT2D eigenvalue weighted by molar-refractivity contribution is 9.10. The van der Waals surface area contributed by atoms with Crippen LogP contribution in [0.3, 0.4) is 0 Å². The van der Waals surface area contributed by atoms with E-state index in [0.717, 1.165) is 7.05 Å². The van der Waals surface area contributed by atoms with Gasteiger partial charge in [0, 0.05) is 19.8 Å². The van der Waals surface area contributed by atoms with Gasteiger partial charge in [-0.25, -0.2) is 0 Å². The van der Waals surface area contributed by atoms with E-state index in [1.807, 2.05) is 6.92 Å². The Kier molecular flexibility index (Phi) is 4.83. The molecule has 1 atom stereocenters. The molecule has 10 heteroatoms. The van der Waals surface area contributed by atoms with Crippen molar-refractivity contribution < 1.29 is 18.0 Å². The van der Waals surface area contributed by atoms with Gasteiger partial charge >= 0.3 is 6.18 Å². The topological polar surface area (TPSA) is 64.7 Å². The number of aromatic nitrogens is 4. The van der Waals surface area contributed by atoms with E-state index in [2.05, 4.69) is 31.4 Å². The third-order valence-electron chi connectivity index (χ3n) is 3.25. The molecule has 0 saturated heterocycles. The highest BCUT2D eigenvalue weighted by Gasteiger charge is 2.39. The molecule has 0 aliphatic rings. The maximum absolute atomic E-state index is 12.9. The SMILES string of the molecule is CCn1ccc(C(C)NC(=O)c2nn(C)c(C(F)(F)F)c2Br)n1. The van der Waals surface area contributed by atoms with Gasteiger partial charge in [-0.15, -0.1) is 0 Å². The van der Waals surface area contributed by atoms with Crippen LogP contribution in [0.1, 0.15) is 41.8 Å². The number of halogens is 4. The van der Waals surface area contributed by atoms with Crippen LogP contribution in [-0.2, 0) is 19.8 Å². The molecule has 1 amide bonds. The second kappa shape index (κ2) is 6.34. The molecule has 0 radical (unpaired) electrons. The summed E-state index contributed by atoms with van der Waals surface area (Å²) in [5, 5.41) is 10.5. The lowest BCUT2D eigenvalue weighted by Gasteiger charge is -2.10. The van der Waals surface area contributed by atoms with Gasteiger partial charge in [0.1, 0.15) is 0 Å². The molecule has 2 rings (SSSR count). The molecule has 0 spiro atoms. The average molecular weight is 394 g/mol. The number of rotatable bonds is 4. The number of hydrogen-bond donors (Lipinski definition) is 1. The molecule has 0 aromatic carbocycles. The Hall–Kier alpha value is -1.84. The molecule has 2 aromatic heterocycles. The van der Waals surface area contributed by atoms with E-state index >= 15 is 0 Å². The van der Waals surface area contributed by atoms with Crippen LogP contribution in [0.15, 0.2) is 16.7 Å². The van der Waals surface area contributed by atoms with Gasteiger partial charge in [-0.05, 0) is 35.8 Å². The number of alkyl halides is 3. The van der Waals surface area contributed by atoms with E-state index in [1.165, 1.54) is 0 Å². The van der Waals surface area contributed by atoms with Gasteiger partial charge in [-0.1, -0.05) is 0 Å². The molecule has 1 N–H and O–H groups in total. The van der Waals surface area contributed by atoms with Crippen molar-refractivity contribution in [1.82, 2.24) is 24.9 Å². The standard InChI is InChI=1S/C13H15BrF3N5O/c1-4-22-6-5-8(19-22)7(2)18-12(23)10-9(14)11(13(15,16)17)21(3)20-10/h5-7H,4H2,1-3H3,(H,18,23). The minimum atomic E-state index is -4.61. The zero-order valence-corrected chi connectivity index (χ0v) is 14.2. The van der Waals surface area contributed by atoms with E-state index in [0.29, 0.717) is 16.9 Å². The van der Waals surface area contributed by atoms with Crippen LogP contribution in [0.4, 0.5) is 13.2 Å². The smallest absolute Gasteiger partial charge is 0.342 e. The number of carbonyl (C=O) groups excluding carboxylic acids is 1. The Morgan fingerprint density at radius 2 is 2.09 bits per heavy atom. The Balaban J connectivity index is 2.21. The number of hydrogen-bond acceptors (Lipinski definition) is 3. The normalized spacial score (nSPS) is 13.2.